The molecule has 2 aromatic carbocycles. The van der Waals surface area contributed by atoms with E-state index in [0.717, 1.165) is 17.0 Å². The zero-order valence-electron chi connectivity index (χ0n) is 15.3. The minimum Gasteiger partial charge on any atom is -0.486 e. The number of anilines is 1. The zero-order valence-corrected chi connectivity index (χ0v) is 15.3. The number of ether oxygens (including phenoxy) is 2. The molecule has 1 heterocycles. The van der Waals surface area contributed by atoms with Gasteiger partial charge in [0.2, 0.25) is 11.8 Å². The van der Waals surface area contributed by atoms with Crippen molar-refractivity contribution in [2.45, 2.75) is 13.0 Å². The largest absolute Gasteiger partial charge is 0.486 e. The smallest absolute Gasteiger partial charge is 0.246 e. The number of likely N-dealkylation sites (N-methyl/N-ethyl adjacent to an activating group) is 1. The van der Waals surface area contributed by atoms with Crippen molar-refractivity contribution in [3.05, 3.63) is 60.2 Å². The molecule has 0 aliphatic carbocycles. The SMILES string of the molecule is CC(=O)Nc1ccc(/C=C/C(=O)N(C)CC2COc3ccccc3O2)cc1. The molecule has 0 aromatic heterocycles. The van der Waals surface area contributed by atoms with Crippen LogP contribution >= 0.6 is 0 Å². The number of hydrogen-bond acceptors (Lipinski definition) is 4. The summed E-state index contributed by atoms with van der Waals surface area (Å²) < 4.78 is 11.6. The molecule has 0 fully saturated rings. The van der Waals surface area contributed by atoms with E-state index in [1.54, 1.807) is 30.2 Å². The quantitative estimate of drug-likeness (QED) is 0.826. The molecule has 0 spiro atoms. The Morgan fingerprint density at radius 3 is 2.56 bits per heavy atom. The normalized spacial score (nSPS) is 15.4. The van der Waals surface area contributed by atoms with Crippen LogP contribution in [0.2, 0.25) is 0 Å². The maximum absolute atomic E-state index is 12.3. The van der Waals surface area contributed by atoms with Gasteiger partial charge in [-0.15, -0.1) is 0 Å². The number of nitrogens with one attached hydrogen (secondary N) is 1. The van der Waals surface area contributed by atoms with Crippen LogP contribution in [-0.4, -0.2) is 43.0 Å². The van der Waals surface area contributed by atoms with Gasteiger partial charge in [0.05, 0.1) is 6.54 Å². The van der Waals surface area contributed by atoms with Gasteiger partial charge in [0.1, 0.15) is 6.61 Å². The molecule has 6 heteroatoms. The van der Waals surface area contributed by atoms with Gasteiger partial charge in [0.25, 0.3) is 0 Å². The van der Waals surface area contributed by atoms with Crippen molar-refractivity contribution in [3.8, 4) is 11.5 Å². The molecule has 140 valence electrons. The van der Waals surface area contributed by atoms with Gasteiger partial charge in [-0.05, 0) is 35.9 Å². The third-order valence-electron chi connectivity index (χ3n) is 4.07. The highest BCUT2D eigenvalue weighted by Gasteiger charge is 2.22. The topological polar surface area (TPSA) is 67.9 Å². The summed E-state index contributed by atoms with van der Waals surface area (Å²) in [5.41, 5.74) is 1.59. The van der Waals surface area contributed by atoms with Gasteiger partial charge in [0, 0.05) is 25.7 Å². The minimum absolute atomic E-state index is 0.119. The van der Waals surface area contributed by atoms with E-state index in [4.69, 9.17) is 9.47 Å². The van der Waals surface area contributed by atoms with E-state index in [9.17, 15) is 9.59 Å². The molecular formula is C21H22N2O4. The van der Waals surface area contributed by atoms with Crippen LogP contribution in [0.3, 0.4) is 0 Å². The molecule has 2 amide bonds. The van der Waals surface area contributed by atoms with Crippen LogP contribution in [0.4, 0.5) is 5.69 Å². The Bertz CT molecular complexity index is 846. The first kappa shape index (κ1) is 18.5. The summed E-state index contributed by atoms with van der Waals surface area (Å²) in [5, 5.41) is 2.70. The van der Waals surface area contributed by atoms with Gasteiger partial charge in [-0.1, -0.05) is 24.3 Å². The lowest BCUT2D eigenvalue weighted by Gasteiger charge is -2.29. The van der Waals surface area contributed by atoms with E-state index in [0.29, 0.717) is 18.9 Å². The van der Waals surface area contributed by atoms with E-state index in [1.807, 2.05) is 36.4 Å². The van der Waals surface area contributed by atoms with Crippen LogP contribution in [0.25, 0.3) is 6.08 Å². The van der Waals surface area contributed by atoms with Crippen molar-refractivity contribution in [3.63, 3.8) is 0 Å². The second-order valence-electron chi connectivity index (χ2n) is 6.35. The summed E-state index contributed by atoms with van der Waals surface area (Å²) in [7, 11) is 1.73. The Balaban J connectivity index is 1.53. The van der Waals surface area contributed by atoms with Crippen LogP contribution in [0.5, 0.6) is 11.5 Å². The van der Waals surface area contributed by atoms with Crippen molar-refractivity contribution in [1.82, 2.24) is 4.90 Å². The van der Waals surface area contributed by atoms with Crippen LogP contribution < -0.4 is 14.8 Å². The molecule has 0 bridgehead atoms. The van der Waals surface area contributed by atoms with Crippen LogP contribution in [0.15, 0.2) is 54.6 Å². The van der Waals surface area contributed by atoms with E-state index in [2.05, 4.69) is 5.32 Å². The Labute approximate surface area is 158 Å². The number of rotatable bonds is 5. The molecule has 1 aliphatic rings. The summed E-state index contributed by atoms with van der Waals surface area (Å²) in [4.78, 5) is 25.0. The molecule has 6 nitrogen and oxygen atoms in total. The highest BCUT2D eigenvalue weighted by Crippen LogP contribution is 2.30. The van der Waals surface area contributed by atoms with Crippen LogP contribution in [0, 0.1) is 0 Å². The number of benzene rings is 2. The summed E-state index contributed by atoms with van der Waals surface area (Å²) in [6.45, 7) is 2.30. The predicted octanol–water partition coefficient (Wildman–Crippen LogP) is 2.96. The number of nitrogens with zero attached hydrogens (tertiary/aromatic N) is 1. The predicted molar refractivity (Wildman–Crippen MR) is 104 cm³/mol. The maximum Gasteiger partial charge on any atom is 0.246 e. The highest BCUT2D eigenvalue weighted by atomic mass is 16.6. The van der Waals surface area contributed by atoms with E-state index in [1.165, 1.54) is 13.0 Å². The third-order valence-corrected chi connectivity index (χ3v) is 4.07. The fourth-order valence-corrected chi connectivity index (χ4v) is 2.72. The number of hydrogen-bond donors (Lipinski definition) is 1. The Hall–Kier alpha value is -3.28. The number of fused-ring (bicyclic) bond motifs is 1. The minimum atomic E-state index is -0.209. The molecule has 1 N–H and O–H groups in total. The monoisotopic (exact) mass is 366 g/mol. The lowest BCUT2D eigenvalue weighted by molar-refractivity contribution is -0.126. The van der Waals surface area contributed by atoms with Crippen molar-refractivity contribution in [1.29, 1.82) is 0 Å². The average molecular weight is 366 g/mol. The lowest BCUT2D eigenvalue weighted by atomic mass is 10.2. The Kier molecular flexibility index (Phi) is 5.76. The van der Waals surface area contributed by atoms with Gasteiger partial charge in [-0.3, -0.25) is 9.59 Å². The van der Waals surface area contributed by atoms with Crippen molar-refractivity contribution in [2.24, 2.45) is 0 Å². The van der Waals surface area contributed by atoms with Crippen molar-refractivity contribution in [2.75, 3.05) is 25.5 Å². The number of carbonyl (C=O) groups is 2. The van der Waals surface area contributed by atoms with Crippen molar-refractivity contribution < 1.29 is 19.1 Å². The first-order chi connectivity index (χ1) is 13.0. The first-order valence-electron chi connectivity index (χ1n) is 8.70. The average Bonchev–Trinajstić information content (AvgIpc) is 2.66. The van der Waals surface area contributed by atoms with Crippen molar-refractivity contribution >= 4 is 23.6 Å². The molecule has 3 rings (SSSR count). The molecule has 0 radical (unpaired) electrons. The van der Waals surface area contributed by atoms with E-state index < -0.39 is 0 Å². The van der Waals surface area contributed by atoms with E-state index in [-0.39, 0.29) is 17.9 Å². The zero-order chi connectivity index (χ0) is 19.2. The number of amides is 2. The van der Waals surface area contributed by atoms with Gasteiger partial charge < -0.3 is 19.7 Å². The Morgan fingerprint density at radius 1 is 1.15 bits per heavy atom. The molecule has 1 atom stereocenters. The molecule has 1 aliphatic heterocycles. The summed E-state index contributed by atoms with van der Waals surface area (Å²) >= 11 is 0. The third kappa shape index (κ3) is 5.10. The van der Waals surface area contributed by atoms with E-state index >= 15 is 0 Å². The van der Waals surface area contributed by atoms with Gasteiger partial charge in [-0.25, -0.2) is 0 Å². The molecule has 0 saturated heterocycles. The molecule has 2 aromatic rings. The summed E-state index contributed by atoms with van der Waals surface area (Å²) in [6.07, 6.45) is 3.05. The lowest BCUT2D eigenvalue weighted by Crippen LogP contribution is -2.41. The number of carbonyl (C=O) groups excluding carboxylic acids is 2. The molecule has 27 heavy (non-hydrogen) atoms. The fraction of sp³-hybridized carbons (Fsp3) is 0.238. The van der Waals surface area contributed by atoms with Gasteiger partial charge in [-0.2, -0.15) is 0 Å². The van der Waals surface area contributed by atoms with Gasteiger partial charge >= 0.3 is 0 Å². The highest BCUT2D eigenvalue weighted by molar-refractivity contribution is 5.92. The molecule has 1 unspecified atom stereocenters. The van der Waals surface area contributed by atoms with Crippen LogP contribution in [0.1, 0.15) is 12.5 Å². The van der Waals surface area contributed by atoms with Gasteiger partial charge in [0.15, 0.2) is 17.6 Å². The maximum atomic E-state index is 12.3. The summed E-state index contributed by atoms with van der Waals surface area (Å²) in [6, 6.07) is 14.8. The summed E-state index contributed by atoms with van der Waals surface area (Å²) in [5.74, 6) is 1.18. The van der Waals surface area contributed by atoms with Crippen LogP contribution in [-0.2, 0) is 9.59 Å². The molecule has 0 saturated carbocycles. The molecular weight excluding hydrogens is 344 g/mol. The first-order valence-corrected chi connectivity index (χ1v) is 8.70. The second-order valence-corrected chi connectivity index (χ2v) is 6.35. The number of para-hydroxylation sites is 2. The standard InChI is InChI=1S/C21H22N2O4/c1-15(24)22-17-10-7-16(8-11-17)9-12-21(25)23(2)13-18-14-26-19-5-3-4-6-20(19)27-18/h3-12,18H,13-14H2,1-2H3,(H,22,24)/b12-9+. The fourth-order valence-electron chi connectivity index (χ4n) is 2.72. The Morgan fingerprint density at radius 2 is 1.85 bits per heavy atom. The second kappa shape index (κ2) is 8.40.